The van der Waals surface area contributed by atoms with Gasteiger partial charge in [-0.2, -0.15) is 4.31 Å². The monoisotopic (exact) mass is 323 g/mol. The van der Waals surface area contributed by atoms with E-state index in [9.17, 15) is 21.6 Å². The number of hydrogen-bond acceptors (Lipinski definition) is 3. The molecule has 0 bridgehead atoms. The number of rotatable bonds is 5. The van der Waals surface area contributed by atoms with Gasteiger partial charge >= 0.3 is 0 Å². The van der Waals surface area contributed by atoms with E-state index < -0.39 is 27.5 Å². The van der Waals surface area contributed by atoms with Gasteiger partial charge in [0.15, 0.2) is 11.6 Å². The van der Waals surface area contributed by atoms with Crippen molar-refractivity contribution in [3.63, 3.8) is 0 Å². The Morgan fingerprint density at radius 1 is 1.24 bits per heavy atom. The van der Waals surface area contributed by atoms with Crippen molar-refractivity contribution in [3.05, 3.63) is 35.1 Å². The first-order chi connectivity index (χ1) is 9.79. The highest BCUT2D eigenvalue weighted by Gasteiger charge is 2.31. The van der Waals surface area contributed by atoms with Gasteiger partial charge in [0.1, 0.15) is 5.82 Å². The first-order valence-corrected chi connectivity index (χ1v) is 8.32. The van der Waals surface area contributed by atoms with Gasteiger partial charge in [-0.3, -0.25) is 0 Å². The molecule has 1 fully saturated rings. The summed E-state index contributed by atoms with van der Waals surface area (Å²) >= 11 is 0. The van der Waals surface area contributed by atoms with Crippen LogP contribution in [0.15, 0.2) is 12.1 Å². The SMILES string of the molecule is CS(=O)(=O)N1CCCC1COCc1cc(F)c(F)cc1F. The molecule has 4 nitrogen and oxygen atoms in total. The molecule has 0 aromatic heterocycles. The first-order valence-electron chi connectivity index (χ1n) is 6.47. The second-order valence-corrected chi connectivity index (χ2v) is 6.98. The van der Waals surface area contributed by atoms with E-state index in [0.29, 0.717) is 19.0 Å². The zero-order chi connectivity index (χ0) is 15.6. The highest BCUT2D eigenvalue weighted by molar-refractivity contribution is 7.88. The molecule has 1 aromatic carbocycles. The summed E-state index contributed by atoms with van der Waals surface area (Å²) in [5, 5.41) is 0. The Morgan fingerprint density at radius 2 is 1.90 bits per heavy atom. The molecule has 0 radical (unpaired) electrons. The predicted octanol–water partition coefficient (Wildman–Crippen LogP) is 2.04. The van der Waals surface area contributed by atoms with Crippen LogP contribution in [-0.4, -0.2) is 38.2 Å². The Hall–Kier alpha value is -1.12. The largest absolute Gasteiger partial charge is 0.375 e. The van der Waals surface area contributed by atoms with Crippen molar-refractivity contribution >= 4 is 10.0 Å². The lowest BCUT2D eigenvalue weighted by Crippen LogP contribution is -2.37. The fourth-order valence-electron chi connectivity index (χ4n) is 2.39. The normalized spacial score (nSPS) is 20.1. The van der Waals surface area contributed by atoms with Crippen molar-refractivity contribution in [2.75, 3.05) is 19.4 Å². The van der Waals surface area contributed by atoms with Gasteiger partial charge in [0.25, 0.3) is 0 Å². The molecule has 1 aliphatic rings. The lowest BCUT2D eigenvalue weighted by Gasteiger charge is -2.21. The molecule has 1 aromatic rings. The van der Waals surface area contributed by atoms with E-state index in [1.54, 1.807) is 0 Å². The summed E-state index contributed by atoms with van der Waals surface area (Å²) in [4.78, 5) is 0. The highest BCUT2D eigenvalue weighted by Crippen LogP contribution is 2.21. The van der Waals surface area contributed by atoms with Crippen LogP contribution in [0.2, 0.25) is 0 Å². The van der Waals surface area contributed by atoms with E-state index in [1.807, 2.05) is 0 Å². The lowest BCUT2D eigenvalue weighted by atomic mass is 10.2. The Balaban J connectivity index is 1.94. The molecule has 118 valence electrons. The first kappa shape index (κ1) is 16.3. The summed E-state index contributed by atoms with van der Waals surface area (Å²) in [7, 11) is -3.30. The molecule has 21 heavy (non-hydrogen) atoms. The number of halogens is 3. The van der Waals surface area contributed by atoms with Crippen LogP contribution in [0.25, 0.3) is 0 Å². The van der Waals surface area contributed by atoms with Crippen LogP contribution in [0, 0.1) is 17.5 Å². The standard InChI is InChI=1S/C13H16F3NO3S/c1-21(18,19)17-4-2-3-10(17)8-20-7-9-5-12(15)13(16)6-11(9)14/h5-6,10H,2-4,7-8H2,1H3. The van der Waals surface area contributed by atoms with Crippen LogP contribution in [0.1, 0.15) is 18.4 Å². The van der Waals surface area contributed by atoms with E-state index in [0.717, 1.165) is 18.7 Å². The fourth-order valence-corrected chi connectivity index (χ4v) is 3.56. The lowest BCUT2D eigenvalue weighted by molar-refractivity contribution is 0.0853. The van der Waals surface area contributed by atoms with Crippen molar-refractivity contribution in [1.82, 2.24) is 4.31 Å². The maximum atomic E-state index is 13.4. The molecule has 0 saturated carbocycles. The summed E-state index contributed by atoms with van der Waals surface area (Å²) in [5.41, 5.74) is -0.0993. The van der Waals surface area contributed by atoms with Gasteiger partial charge in [0.05, 0.1) is 19.5 Å². The predicted molar refractivity (Wildman–Crippen MR) is 70.5 cm³/mol. The van der Waals surface area contributed by atoms with Gasteiger partial charge in [-0.25, -0.2) is 21.6 Å². The van der Waals surface area contributed by atoms with Gasteiger partial charge in [0.2, 0.25) is 10.0 Å². The molecule has 0 N–H and O–H groups in total. The second kappa shape index (κ2) is 6.33. The molecule has 1 saturated heterocycles. The average molecular weight is 323 g/mol. The maximum Gasteiger partial charge on any atom is 0.211 e. The molecule has 8 heteroatoms. The van der Waals surface area contributed by atoms with Crippen molar-refractivity contribution < 1.29 is 26.3 Å². The number of hydrogen-bond donors (Lipinski definition) is 0. The van der Waals surface area contributed by atoms with Gasteiger partial charge in [0, 0.05) is 24.2 Å². The van der Waals surface area contributed by atoms with Crippen molar-refractivity contribution in [2.24, 2.45) is 0 Å². The molecule has 1 heterocycles. The topological polar surface area (TPSA) is 46.6 Å². The molecule has 2 rings (SSSR count). The summed E-state index contributed by atoms with van der Waals surface area (Å²) in [6.07, 6.45) is 2.52. The van der Waals surface area contributed by atoms with Crippen LogP contribution in [0.5, 0.6) is 0 Å². The fraction of sp³-hybridized carbons (Fsp3) is 0.538. The van der Waals surface area contributed by atoms with E-state index in [2.05, 4.69) is 0 Å². The Morgan fingerprint density at radius 3 is 2.57 bits per heavy atom. The van der Waals surface area contributed by atoms with Gasteiger partial charge in [-0.05, 0) is 18.9 Å². The van der Waals surface area contributed by atoms with Crippen molar-refractivity contribution in [3.8, 4) is 0 Å². The number of nitrogens with zero attached hydrogens (tertiary/aromatic N) is 1. The maximum absolute atomic E-state index is 13.4. The Labute approximate surface area is 121 Å². The molecule has 1 atom stereocenters. The Bertz CT molecular complexity index is 621. The molecule has 0 spiro atoms. The molecule has 0 amide bonds. The molecule has 0 aliphatic carbocycles. The smallest absolute Gasteiger partial charge is 0.211 e. The zero-order valence-electron chi connectivity index (χ0n) is 11.5. The van der Waals surface area contributed by atoms with E-state index in [-0.39, 0.29) is 24.8 Å². The third kappa shape index (κ3) is 3.96. The summed E-state index contributed by atoms with van der Waals surface area (Å²) in [5.74, 6) is -3.29. The average Bonchev–Trinajstić information content (AvgIpc) is 2.84. The third-order valence-electron chi connectivity index (χ3n) is 3.41. The second-order valence-electron chi connectivity index (χ2n) is 5.04. The minimum atomic E-state index is -3.30. The molecular formula is C13H16F3NO3S. The number of sulfonamides is 1. The van der Waals surface area contributed by atoms with Crippen LogP contribution in [0.3, 0.4) is 0 Å². The quantitative estimate of drug-likeness (QED) is 0.779. The molecule has 1 aliphatic heterocycles. The number of benzene rings is 1. The highest BCUT2D eigenvalue weighted by atomic mass is 32.2. The van der Waals surface area contributed by atoms with Crippen molar-refractivity contribution in [1.29, 1.82) is 0 Å². The third-order valence-corrected chi connectivity index (χ3v) is 4.74. The van der Waals surface area contributed by atoms with E-state index in [1.165, 1.54) is 4.31 Å². The summed E-state index contributed by atoms with van der Waals surface area (Å²) in [6, 6.07) is 0.911. The molecule has 1 unspecified atom stereocenters. The van der Waals surface area contributed by atoms with Crippen LogP contribution in [-0.2, 0) is 21.4 Å². The number of ether oxygens (including phenoxy) is 1. The molecular weight excluding hydrogens is 307 g/mol. The van der Waals surface area contributed by atoms with E-state index >= 15 is 0 Å². The van der Waals surface area contributed by atoms with E-state index in [4.69, 9.17) is 4.74 Å². The summed E-state index contributed by atoms with van der Waals surface area (Å²) < 4.78 is 68.9. The van der Waals surface area contributed by atoms with Crippen LogP contribution >= 0.6 is 0 Å². The van der Waals surface area contributed by atoms with Gasteiger partial charge in [-0.1, -0.05) is 0 Å². The Kier molecular flexibility index (Phi) is 4.90. The zero-order valence-corrected chi connectivity index (χ0v) is 12.3. The minimum Gasteiger partial charge on any atom is -0.375 e. The van der Waals surface area contributed by atoms with Crippen LogP contribution in [0.4, 0.5) is 13.2 Å². The van der Waals surface area contributed by atoms with Gasteiger partial charge in [-0.15, -0.1) is 0 Å². The van der Waals surface area contributed by atoms with Crippen molar-refractivity contribution in [2.45, 2.75) is 25.5 Å². The minimum absolute atomic E-state index is 0.0888. The van der Waals surface area contributed by atoms with Crippen LogP contribution < -0.4 is 0 Å². The summed E-state index contributed by atoms with van der Waals surface area (Å²) in [6.45, 7) is 0.287. The van der Waals surface area contributed by atoms with Gasteiger partial charge < -0.3 is 4.74 Å².